The molecule has 190 valence electrons. The second-order valence-electron chi connectivity index (χ2n) is 8.36. The summed E-state index contributed by atoms with van der Waals surface area (Å²) in [6, 6.07) is 18.8. The van der Waals surface area contributed by atoms with Crippen molar-refractivity contribution in [3.8, 4) is 16.8 Å². The van der Waals surface area contributed by atoms with Crippen LogP contribution in [0.25, 0.3) is 38.6 Å². The number of alkyl halides is 9. The molecule has 0 amide bonds. The maximum atomic E-state index is 14.1. The van der Waals surface area contributed by atoms with Crippen LogP contribution in [0.15, 0.2) is 84.9 Å². The molecule has 0 saturated carbocycles. The van der Waals surface area contributed by atoms with E-state index in [0.29, 0.717) is 16.3 Å². The molecule has 0 fully saturated rings. The summed E-state index contributed by atoms with van der Waals surface area (Å²) >= 11 is 0. The molecule has 0 saturated heterocycles. The number of para-hydroxylation sites is 1. The van der Waals surface area contributed by atoms with Crippen molar-refractivity contribution in [3.63, 3.8) is 0 Å². The van der Waals surface area contributed by atoms with Gasteiger partial charge in [-0.2, -0.15) is 39.5 Å². The number of aromatic nitrogens is 1. The van der Waals surface area contributed by atoms with Crippen molar-refractivity contribution < 1.29 is 39.5 Å². The minimum atomic E-state index is -5.52. The molecule has 1 aromatic heterocycles. The predicted molar refractivity (Wildman–Crippen MR) is 121 cm³/mol. The summed E-state index contributed by atoms with van der Waals surface area (Å²) in [4.78, 5) is 0. The summed E-state index contributed by atoms with van der Waals surface area (Å²) < 4.78 is 126. The maximum absolute atomic E-state index is 14.1. The number of nitrogens with zero attached hydrogens (tertiary/aromatic N) is 1. The molecule has 0 unspecified atom stereocenters. The first kappa shape index (κ1) is 24.7. The molecule has 0 radical (unpaired) electrons. The third-order valence-corrected chi connectivity index (χ3v) is 6.05. The highest BCUT2D eigenvalue weighted by Crippen LogP contribution is 2.47. The topological polar surface area (TPSA) is 4.93 Å². The minimum absolute atomic E-state index is 0.0153. The van der Waals surface area contributed by atoms with E-state index in [0.717, 1.165) is 10.1 Å². The molecule has 5 rings (SSSR count). The van der Waals surface area contributed by atoms with Gasteiger partial charge in [0.15, 0.2) is 0 Å². The van der Waals surface area contributed by atoms with Gasteiger partial charge in [0.25, 0.3) is 0 Å². The first-order valence-corrected chi connectivity index (χ1v) is 10.8. The average Bonchev–Trinajstić information content (AvgIpc) is 3.15. The van der Waals surface area contributed by atoms with Crippen molar-refractivity contribution >= 4 is 21.8 Å². The zero-order valence-electron chi connectivity index (χ0n) is 18.4. The lowest BCUT2D eigenvalue weighted by atomic mass is 10.00. The summed E-state index contributed by atoms with van der Waals surface area (Å²) in [5.41, 5.74) is -6.13. The molecule has 37 heavy (non-hydrogen) atoms. The van der Waals surface area contributed by atoms with Gasteiger partial charge < -0.3 is 4.57 Å². The Hall–Kier alpha value is -3.95. The van der Waals surface area contributed by atoms with Crippen LogP contribution in [0, 0.1) is 0 Å². The van der Waals surface area contributed by atoms with Gasteiger partial charge in [0, 0.05) is 10.8 Å². The highest BCUT2D eigenvalue weighted by atomic mass is 19.4. The van der Waals surface area contributed by atoms with E-state index in [2.05, 4.69) is 0 Å². The van der Waals surface area contributed by atoms with Crippen molar-refractivity contribution in [3.05, 3.63) is 102 Å². The molecule has 0 bridgehead atoms. The van der Waals surface area contributed by atoms with E-state index in [-0.39, 0.29) is 23.2 Å². The van der Waals surface area contributed by atoms with Gasteiger partial charge in [0.05, 0.1) is 33.4 Å². The van der Waals surface area contributed by atoms with E-state index in [4.69, 9.17) is 0 Å². The van der Waals surface area contributed by atoms with Gasteiger partial charge in [-0.15, -0.1) is 0 Å². The Kier molecular flexibility index (Phi) is 5.54. The smallest absolute Gasteiger partial charge is 0.308 e. The molecule has 0 aliphatic rings. The summed E-state index contributed by atoms with van der Waals surface area (Å²) in [6.07, 6.45) is -16.5. The lowest BCUT2D eigenvalue weighted by Gasteiger charge is -2.23. The van der Waals surface area contributed by atoms with Crippen LogP contribution in [0.5, 0.6) is 0 Å². The summed E-state index contributed by atoms with van der Waals surface area (Å²) in [7, 11) is 0. The summed E-state index contributed by atoms with van der Waals surface area (Å²) in [5.74, 6) is 0. The highest BCUT2D eigenvalue weighted by molar-refractivity contribution is 6.10. The van der Waals surface area contributed by atoms with Gasteiger partial charge in [-0.1, -0.05) is 54.6 Å². The van der Waals surface area contributed by atoms with Gasteiger partial charge in [-0.05, 0) is 41.5 Å². The van der Waals surface area contributed by atoms with Crippen LogP contribution in [0.3, 0.4) is 0 Å². The molecule has 0 N–H and O–H groups in total. The molecule has 0 spiro atoms. The molecule has 0 atom stereocenters. The minimum Gasteiger partial charge on any atom is -0.308 e. The molecular formula is C27H14F9N. The second-order valence-corrected chi connectivity index (χ2v) is 8.36. The summed E-state index contributed by atoms with van der Waals surface area (Å²) in [6.45, 7) is 0. The number of rotatable bonds is 2. The third-order valence-electron chi connectivity index (χ3n) is 6.05. The second kappa shape index (κ2) is 8.29. The van der Waals surface area contributed by atoms with Crippen LogP contribution in [0.1, 0.15) is 16.7 Å². The Morgan fingerprint density at radius 1 is 0.459 bits per heavy atom. The molecular weight excluding hydrogens is 509 g/mol. The summed E-state index contributed by atoms with van der Waals surface area (Å²) in [5, 5.41) is 0.689. The molecule has 0 aliphatic carbocycles. The van der Waals surface area contributed by atoms with Gasteiger partial charge in [-0.25, -0.2) is 0 Å². The zero-order chi connectivity index (χ0) is 26.8. The van der Waals surface area contributed by atoms with Crippen LogP contribution >= 0.6 is 0 Å². The van der Waals surface area contributed by atoms with Crippen molar-refractivity contribution in [1.29, 1.82) is 0 Å². The number of hydrogen-bond donors (Lipinski definition) is 0. The first-order chi connectivity index (χ1) is 17.3. The Morgan fingerprint density at radius 3 is 1.57 bits per heavy atom. The molecule has 1 nitrogen and oxygen atoms in total. The number of fused-ring (bicyclic) bond motifs is 3. The van der Waals surface area contributed by atoms with Gasteiger partial charge in [-0.3, -0.25) is 0 Å². The number of halogens is 9. The lowest BCUT2D eigenvalue weighted by molar-refractivity contribution is -0.148. The number of hydrogen-bond acceptors (Lipinski definition) is 0. The third kappa shape index (κ3) is 4.30. The van der Waals surface area contributed by atoms with E-state index in [1.54, 1.807) is 42.5 Å². The van der Waals surface area contributed by atoms with Crippen molar-refractivity contribution in [1.82, 2.24) is 4.57 Å². The Balaban J connectivity index is 1.95. The first-order valence-electron chi connectivity index (χ1n) is 10.8. The highest BCUT2D eigenvalue weighted by Gasteiger charge is 2.45. The monoisotopic (exact) mass is 523 g/mol. The van der Waals surface area contributed by atoms with Crippen LogP contribution in [-0.4, -0.2) is 4.57 Å². The molecule has 5 aromatic rings. The Labute approximate surface area is 203 Å². The van der Waals surface area contributed by atoms with Crippen molar-refractivity contribution in [2.45, 2.75) is 18.5 Å². The van der Waals surface area contributed by atoms with Crippen LogP contribution < -0.4 is 0 Å². The predicted octanol–water partition coefficient (Wildman–Crippen LogP) is 9.51. The molecule has 1 heterocycles. The SMILES string of the molecule is FC(F)(F)c1cc(C(F)(F)F)c(-n2c3ccccc3c3cc(-c4ccccc4)ccc32)c(C(F)(F)F)c1. The quantitative estimate of drug-likeness (QED) is 0.203. The lowest BCUT2D eigenvalue weighted by Crippen LogP contribution is -2.20. The van der Waals surface area contributed by atoms with E-state index in [1.165, 1.54) is 30.3 Å². The molecule has 0 aliphatic heterocycles. The van der Waals surface area contributed by atoms with E-state index >= 15 is 0 Å². The van der Waals surface area contributed by atoms with E-state index < -0.39 is 40.9 Å². The largest absolute Gasteiger partial charge is 0.418 e. The van der Waals surface area contributed by atoms with Crippen LogP contribution in [0.2, 0.25) is 0 Å². The van der Waals surface area contributed by atoms with Crippen molar-refractivity contribution in [2.75, 3.05) is 0 Å². The Bertz CT molecular complexity index is 1590. The fourth-order valence-corrected chi connectivity index (χ4v) is 4.50. The normalized spacial score (nSPS) is 13.0. The average molecular weight is 523 g/mol. The molecule has 4 aromatic carbocycles. The van der Waals surface area contributed by atoms with E-state index in [9.17, 15) is 39.5 Å². The fourth-order valence-electron chi connectivity index (χ4n) is 4.50. The van der Waals surface area contributed by atoms with Crippen LogP contribution in [-0.2, 0) is 18.5 Å². The standard InChI is InChI=1S/C27H14F9N/c28-25(29,30)17-13-20(26(31,32)33)24(21(14-17)27(34,35)36)37-22-9-5-4-8-18(22)19-12-16(10-11-23(19)37)15-6-2-1-3-7-15/h1-14H. The van der Waals surface area contributed by atoms with Crippen LogP contribution in [0.4, 0.5) is 39.5 Å². The van der Waals surface area contributed by atoms with Gasteiger partial charge in [0.1, 0.15) is 0 Å². The number of benzene rings is 4. The fraction of sp³-hybridized carbons (Fsp3) is 0.111. The van der Waals surface area contributed by atoms with Gasteiger partial charge >= 0.3 is 18.5 Å². The maximum Gasteiger partial charge on any atom is 0.418 e. The van der Waals surface area contributed by atoms with Gasteiger partial charge in [0.2, 0.25) is 0 Å². The Morgan fingerprint density at radius 2 is 1.00 bits per heavy atom. The van der Waals surface area contributed by atoms with E-state index in [1.807, 2.05) is 0 Å². The zero-order valence-corrected chi connectivity index (χ0v) is 18.4. The molecule has 10 heteroatoms. The van der Waals surface area contributed by atoms with Crippen molar-refractivity contribution in [2.24, 2.45) is 0 Å².